The molecule has 0 saturated carbocycles. The summed E-state index contributed by atoms with van der Waals surface area (Å²) in [6.07, 6.45) is 3.05. The molecule has 180 valence electrons. The Morgan fingerprint density at radius 1 is 1.09 bits per heavy atom. The monoisotopic (exact) mass is 488 g/mol. The van der Waals surface area contributed by atoms with Gasteiger partial charge in [-0.2, -0.15) is 5.10 Å². The van der Waals surface area contributed by atoms with Crippen LogP contribution in [0.2, 0.25) is 0 Å². The number of esters is 1. The minimum Gasteiger partial charge on any atom is -0.452 e. The standard InChI is InChI=1S/C27H28N4O3S/c1-17-9-7-10-18(2)30(17)24(32)16-34-27(33)21-15-22(23-13-8-14-35-23)28-26-25(21)19(3)29-31(26)20-11-5-4-6-12-20/h4-6,8,11-15,17-18H,7,9-10,16H2,1-3H3. The fourth-order valence-electron chi connectivity index (χ4n) is 4.94. The quantitative estimate of drug-likeness (QED) is 0.351. The molecule has 7 nitrogen and oxygen atoms in total. The first-order valence-corrected chi connectivity index (χ1v) is 12.8. The zero-order chi connectivity index (χ0) is 24.5. The van der Waals surface area contributed by atoms with E-state index in [1.54, 1.807) is 22.1 Å². The number of fused-ring (bicyclic) bond motifs is 1. The molecule has 4 heterocycles. The minimum absolute atomic E-state index is 0.148. The van der Waals surface area contributed by atoms with Crippen LogP contribution in [-0.2, 0) is 9.53 Å². The molecule has 0 spiro atoms. The van der Waals surface area contributed by atoms with E-state index >= 15 is 0 Å². The lowest BCUT2D eigenvalue weighted by Gasteiger charge is -2.38. The Labute approximate surface area is 208 Å². The highest BCUT2D eigenvalue weighted by atomic mass is 32.1. The van der Waals surface area contributed by atoms with E-state index in [2.05, 4.69) is 18.9 Å². The summed E-state index contributed by atoms with van der Waals surface area (Å²) in [5.41, 5.74) is 3.14. The number of thiophene rings is 1. The molecule has 0 aliphatic carbocycles. The predicted molar refractivity (Wildman–Crippen MR) is 137 cm³/mol. The first-order valence-electron chi connectivity index (χ1n) is 11.9. The van der Waals surface area contributed by atoms with Crippen molar-refractivity contribution in [1.82, 2.24) is 19.7 Å². The van der Waals surface area contributed by atoms with Crippen LogP contribution in [0.4, 0.5) is 0 Å². The number of piperidine rings is 1. The summed E-state index contributed by atoms with van der Waals surface area (Å²) in [6.45, 7) is 5.68. The predicted octanol–water partition coefficient (Wildman–Crippen LogP) is 5.40. The van der Waals surface area contributed by atoms with Gasteiger partial charge >= 0.3 is 5.97 Å². The smallest absolute Gasteiger partial charge is 0.339 e. The summed E-state index contributed by atoms with van der Waals surface area (Å²) in [7, 11) is 0. The van der Waals surface area contributed by atoms with Crippen LogP contribution in [0.5, 0.6) is 0 Å². The molecule has 1 aromatic carbocycles. The van der Waals surface area contributed by atoms with Crippen molar-refractivity contribution in [2.45, 2.75) is 52.1 Å². The second kappa shape index (κ2) is 9.62. The Morgan fingerprint density at radius 3 is 2.51 bits per heavy atom. The Kier molecular flexibility index (Phi) is 6.38. The molecule has 35 heavy (non-hydrogen) atoms. The maximum absolute atomic E-state index is 13.4. The van der Waals surface area contributed by atoms with E-state index in [-0.39, 0.29) is 24.6 Å². The first kappa shape index (κ1) is 23.2. The number of hydrogen-bond acceptors (Lipinski definition) is 6. The van der Waals surface area contributed by atoms with E-state index in [1.165, 1.54) is 0 Å². The minimum atomic E-state index is -0.545. The number of para-hydroxylation sites is 1. The second-order valence-corrected chi connectivity index (χ2v) is 10.0. The number of nitrogens with zero attached hydrogens (tertiary/aromatic N) is 4. The van der Waals surface area contributed by atoms with Crippen molar-refractivity contribution >= 4 is 34.2 Å². The van der Waals surface area contributed by atoms with Crippen molar-refractivity contribution in [3.8, 4) is 16.3 Å². The molecule has 0 bridgehead atoms. The molecule has 5 rings (SSSR count). The number of pyridine rings is 1. The molecule has 2 atom stereocenters. The summed E-state index contributed by atoms with van der Waals surface area (Å²) in [4.78, 5) is 34.0. The molecule has 1 saturated heterocycles. The molecule has 2 unspecified atom stereocenters. The highest BCUT2D eigenvalue weighted by Gasteiger charge is 2.30. The van der Waals surface area contributed by atoms with Crippen molar-refractivity contribution in [3.05, 3.63) is 65.2 Å². The second-order valence-electron chi connectivity index (χ2n) is 9.07. The van der Waals surface area contributed by atoms with Gasteiger partial charge in [0.2, 0.25) is 0 Å². The van der Waals surface area contributed by atoms with Crippen LogP contribution in [-0.4, -0.2) is 50.2 Å². The van der Waals surface area contributed by atoms with E-state index in [9.17, 15) is 9.59 Å². The Bertz CT molecular complexity index is 1350. The average molecular weight is 489 g/mol. The zero-order valence-corrected chi connectivity index (χ0v) is 20.9. The van der Waals surface area contributed by atoms with Crippen molar-refractivity contribution in [3.63, 3.8) is 0 Å². The van der Waals surface area contributed by atoms with Gasteiger partial charge in [-0.25, -0.2) is 14.5 Å². The SMILES string of the molecule is Cc1nn(-c2ccccc2)c2nc(-c3cccs3)cc(C(=O)OCC(=O)N3C(C)CCCC3C)c12. The molecular formula is C27H28N4O3S. The molecule has 4 aromatic rings. The number of aromatic nitrogens is 3. The maximum atomic E-state index is 13.4. The number of amides is 1. The largest absolute Gasteiger partial charge is 0.452 e. The van der Waals surface area contributed by atoms with Crippen molar-refractivity contribution in [2.24, 2.45) is 0 Å². The molecule has 1 amide bonds. The molecule has 1 fully saturated rings. The molecule has 1 aliphatic heterocycles. The summed E-state index contributed by atoms with van der Waals surface area (Å²) in [5, 5.41) is 7.29. The zero-order valence-electron chi connectivity index (χ0n) is 20.1. The normalized spacial score (nSPS) is 18.1. The van der Waals surface area contributed by atoms with Crippen molar-refractivity contribution in [1.29, 1.82) is 0 Å². The van der Waals surface area contributed by atoms with Gasteiger partial charge in [0.25, 0.3) is 5.91 Å². The molecule has 8 heteroatoms. The summed E-state index contributed by atoms with van der Waals surface area (Å²) >= 11 is 1.55. The molecule has 0 radical (unpaired) electrons. The summed E-state index contributed by atoms with van der Waals surface area (Å²) in [5.74, 6) is -0.699. The summed E-state index contributed by atoms with van der Waals surface area (Å²) in [6, 6.07) is 15.7. The van der Waals surface area contributed by atoms with Gasteiger partial charge in [-0.05, 0) is 69.7 Å². The van der Waals surface area contributed by atoms with Crippen LogP contribution >= 0.6 is 11.3 Å². The number of rotatable bonds is 5. The fourth-order valence-corrected chi connectivity index (χ4v) is 5.63. The van der Waals surface area contributed by atoms with Crippen molar-refractivity contribution < 1.29 is 14.3 Å². The third-order valence-electron chi connectivity index (χ3n) is 6.62. The van der Waals surface area contributed by atoms with Gasteiger partial charge in [0.1, 0.15) is 0 Å². The van der Waals surface area contributed by atoms with E-state index in [0.29, 0.717) is 28.0 Å². The number of carbonyl (C=O) groups is 2. The Balaban J connectivity index is 1.52. The number of ether oxygens (including phenoxy) is 1. The third-order valence-corrected chi connectivity index (χ3v) is 7.51. The average Bonchev–Trinajstić information content (AvgIpc) is 3.51. The Morgan fingerprint density at radius 2 is 1.83 bits per heavy atom. The number of hydrogen-bond donors (Lipinski definition) is 0. The van der Waals surface area contributed by atoms with Crippen LogP contribution in [0.15, 0.2) is 53.9 Å². The van der Waals surface area contributed by atoms with Crippen LogP contribution in [0.3, 0.4) is 0 Å². The number of benzene rings is 1. The lowest BCUT2D eigenvalue weighted by atomic mass is 9.97. The van der Waals surface area contributed by atoms with Crippen LogP contribution < -0.4 is 0 Å². The summed E-state index contributed by atoms with van der Waals surface area (Å²) < 4.78 is 7.35. The highest BCUT2D eigenvalue weighted by molar-refractivity contribution is 7.13. The van der Waals surface area contributed by atoms with Gasteiger partial charge in [0, 0.05) is 12.1 Å². The first-order chi connectivity index (χ1) is 16.9. The van der Waals surface area contributed by atoms with Crippen LogP contribution in [0.25, 0.3) is 27.3 Å². The van der Waals surface area contributed by atoms with Gasteiger partial charge in [-0.1, -0.05) is 24.3 Å². The van der Waals surface area contributed by atoms with Gasteiger partial charge in [-0.15, -0.1) is 11.3 Å². The van der Waals surface area contributed by atoms with Gasteiger partial charge < -0.3 is 9.64 Å². The van der Waals surface area contributed by atoms with Gasteiger partial charge in [0.15, 0.2) is 12.3 Å². The van der Waals surface area contributed by atoms with E-state index in [1.807, 2.05) is 59.7 Å². The molecule has 0 N–H and O–H groups in total. The van der Waals surface area contributed by atoms with E-state index in [0.717, 1.165) is 29.8 Å². The molecule has 3 aromatic heterocycles. The van der Waals surface area contributed by atoms with Crippen LogP contribution in [0.1, 0.15) is 49.2 Å². The fraction of sp³-hybridized carbons (Fsp3) is 0.333. The number of aryl methyl sites for hydroxylation is 1. The maximum Gasteiger partial charge on any atom is 0.339 e. The highest BCUT2D eigenvalue weighted by Crippen LogP contribution is 2.31. The third kappa shape index (κ3) is 4.46. The van der Waals surface area contributed by atoms with Gasteiger partial charge in [-0.3, -0.25) is 4.79 Å². The number of carbonyl (C=O) groups excluding carboxylic acids is 2. The lowest BCUT2D eigenvalue weighted by molar-refractivity contribution is -0.140. The topological polar surface area (TPSA) is 77.3 Å². The van der Waals surface area contributed by atoms with Gasteiger partial charge in [0.05, 0.1) is 32.9 Å². The lowest BCUT2D eigenvalue weighted by Crippen LogP contribution is -2.49. The number of likely N-dealkylation sites (tertiary alicyclic amines) is 1. The molecular weight excluding hydrogens is 460 g/mol. The van der Waals surface area contributed by atoms with E-state index in [4.69, 9.17) is 9.72 Å². The Hall–Kier alpha value is -3.52. The molecule has 1 aliphatic rings. The van der Waals surface area contributed by atoms with Crippen LogP contribution in [0, 0.1) is 6.92 Å². The van der Waals surface area contributed by atoms with E-state index < -0.39 is 5.97 Å². The van der Waals surface area contributed by atoms with Crippen molar-refractivity contribution in [2.75, 3.05) is 6.61 Å².